The van der Waals surface area contributed by atoms with Crippen molar-refractivity contribution < 1.29 is 14.1 Å². The SMILES string of the molecule is O=C1CC(CBr)CN1c1ccc(F)cc1[N+](=O)[O-]. The second-order valence-corrected chi connectivity index (χ2v) is 4.77. The molecule has 0 bridgehead atoms. The zero-order chi connectivity index (χ0) is 13.3. The van der Waals surface area contributed by atoms with Gasteiger partial charge in [0.2, 0.25) is 5.91 Å². The Bertz CT molecular complexity index is 509. The summed E-state index contributed by atoms with van der Waals surface area (Å²) in [5.74, 6) is -0.731. The molecule has 5 nitrogen and oxygen atoms in total. The molecule has 0 aliphatic carbocycles. The predicted molar refractivity (Wildman–Crippen MR) is 67.3 cm³/mol. The number of halogens is 2. The van der Waals surface area contributed by atoms with Gasteiger partial charge < -0.3 is 4.90 Å². The molecule has 1 aromatic carbocycles. The monoisotopic (exact) mass is 316 g/mol. The van der Waals surface area contributed by atoms with Crippen molar-refractivity contribution in [2.45, 2.75) is 6.42 Å². The highest BCUT2D eigenvalue weighted by molar-refractivity contribution is 9.09. The van der Waals surface area contributed by atoms with Gasteiger partial charge in [0, 0.05) is 18.3 Å². The molecule has 1 aliphatic heterocycles. The minimum absolute atomic E-state index is 0.127. The molecule has 1 amide bonds. The third-order valence-electron chi connectivity index (χ3n) is 2.85. The van der Waals surface area contributed by atoms with E-state index in [1.54, 1.807) is 0 Å². The predicted octanol–water partition coefficient (Wildman–Crippen LogP) is 2.48. The zero-order valence-corrected chi connectivity index (χ0v) is 10.9. The first kappa shape index (κ1) is 12.9. The van der Waals surface area contributed by atoms with E-state index in [-0.39, 0.29) is 23.2 Å². The van der Waals surface area contributed by atoms with Crippen molar-refractivity contribution in [3.8, 4) is 0 Å². The van der Waals surface area contributed by atoms with Crippen molar-refractivity contribution in [2.24, 2.45) is 5.92 Å². The highest BCUT2D eigenvalue weighted by Crippen LogP contribution is 2.33. The van der Waals surface area contributed by atoms with Crippen LogP contribution in [-0.2, 0) is 4.79 Å². The van der Waals surface area contributed by atoms with Gasteiger partial charge in [-0.3, -0.25) is 14.9 Å². The van der Waals surface area contributed by atoms with Crippen LogP contribution in [0.15, 0.2) is 18.2 Å². The minimum atomic E-state index is -0.686. The van der Waals surface area contributed by atoms with Gasteiger partial charge in [-0.05, 0) is 18.1 Å². The Morgan fingerprint density at radius 3 is 2.83 bits per heavy atom. The Morgan fingerprint density at radius 1 is 1.56 bits per heavy atom. The van der Waals surface area contributed by atoms with Crippen LogP contribution in [-0.4, -0.2) is 22.7 Å². The fraction of sp³-hybridized carbons (Fsp3) is 0.364. The number of alkyl halides is 1. The number of nitro groups is 1. The van der Waals surface area contributed by atoms with E-state index in [1.165, 1.54) is 11.0 Å². The van der Waals surface area contributed by atoms with E-state index in [2.05, 4.69) is 15.9 Å². The summed E-state index contributed by atoms with van der Waals surface area (Å²) in [4.78, 5) is 23.3. The van der Waals surface area contributed by atoms with E-state index in [0.29, 0.717) is 18.3 Å². The molecule has 1 heterocycles. The van der Waals surface area contributed by atoms with Gasteiger partial charge in [0.1, 0.15) is 11.5 Å². The van der Waals surface area contributed by atoms with Gasteiger partial charge in [0.05, 0.1) is 11.0 Å². The van der Waals surface area contributed by atoms with Gasteiger partial charge in [0.15, 0.2) is 0 Å². The lowest BCUT2D eigenvalue weighted by Crippen LogP contribution is -2.25. The topological polar surface area (TPSA) is 63.5 Å². The number of carbonyl (C=O) groups is 1. The van der Waals surface area contributed by atoms with Gasteiger partial charge in [-0.2, -0.15) is 0 Å². The van der Waals surface area contributed by atoms with E-state index in [0.717, 1.165) is 12.1 Å². The molecule has 0 spiro atoms. The number of benzene rings is 1. The number of nitro benzene ring substituents is 1. The maximum Gasteiger partial charge on any atom is 0.295 e. The summed E-state index contributed by atoms with van der Waals surface area (Å²) in [5, 5.41) is 11.5. The van der Waals surface area contributed by atoms with Crippen LogP contribution >= 0.6 is 15.9 Å². The first-order valence-electron chi connectivity index (χ1n) is 5.33. The lowest BCUT2D eigenvalue weighted by molar-refractivity contribution is -0.384. The summed E-state index contributed by atoms with van der Waals surface area (Å²) in [5.41, 5.74) is -0.214. The number of carbonyl (C=O) groups excluding carboxylic acids is 1. The molecule has 18 heavy (non-hydrogen) atoms. The molecule has 0 aromatic heterocycles. The van der Waals surface area contributed by atoms with Gasteiger partial charge in [-0.25, -0.2) is 4.39 Å². The molecular formula is C11H10BrFN2O3. The van der Waals surface area contributed by atoms with Crippen LogP contribution in [0.5, 0.6) is 0 Å². The van der Waals surface area contributed by atoms with Gasteiger partial charge >= 0.3 is 0 Å². The first-order valence-corrected chi connectivity index (χ1v) is 6.45. The summed E-state index contributed by atoms with van der Waals surface area (Å²) in [6, 6.07) is 3.24. The Hall–Kier alpha value is -1.50. The summed E-state index contributed by atoms with van der Waals surface area (Å²) < 4.78 is 13.0. The molecule has 2 rings (SSSR count). The van der Waals surface area contributed by atoms with E-state index >= 15 is 0 Å². The molecular weight excluding hydrogens is 307 g/mol. The molecule has 7 heteroatoms. The summed E-state index contributed by atoms with van der Waals surface area (Å²) in [7, 11) is 0. The Kier molecular flexibility index (Phi) is 3.60. The average Bonchev–Trinajstić information content (AvgIpc) is 2.70. The molecule has 0 radical (unpaired) electrons. The smallest absolute Gasteiger partial charge is 0.295 e. The second kappa shape index (κ2) is 5.01. The van der Waals surface area contributed by atoms with E-state index in [1.807, 2.05) is 0 Å². The summed E-state index contributed by atoms with van der Waals surface area (Å²) in [6.07, 6.45) is 0.347. The fourth-order valence-electron chi connectivity index (χ4n) is 1.99. The zero-order valence-electron chi connectivity index (χ0n) is 9.31. The lowest BCUT2D eigenvalue weighted by Gasteiger charge is -2.16. The van der Waals surface area contributed by atoms with Crippen molar-refractivity contribution >= 4 is 33.2 Å². The van der Waals surface area contributed by atoms with E-state index in [4.69, 9.17) is 0 Å². The fourth-order valence-corrected chi connectivity index (χ4v) is 2.42. The Labute approximate surface area is 111 Å². The minimum Gasteiger partial charge on any atom is -0.306 e. The van der Waals surface area contributed by atoms with Crippen molar-refractivity contribution in [1.82, 2.24) is 0 Å². The molecule has 96 valence electrons. The third-order valence-corrected chi connectivity index (χ3v) is 3.76. The van der Waals surface area contributed by atoms with Crippen molar-refractivity contribution in [1.29, 1.82) is 0 Å². The normalized spacial score (nSPS) is 19.3. The lowest BCUT2D eigenvalue weighted by atomic mass is 10.2. The molecule has 1 unspecified atom stereocenters. The highest BCUT2D eigenvalue weighted by atomic mass is 79.9. The van der Waals surface area contributed by atoms with Crippen LogP contribution in [0.25, 0.3) is 0 Å². The maximum atomic E-state index is 13.0. The number of amides is 1. The summed E-state index contributed by atoms with van der Waals surface area (Å²) in [6.45, 7) is 0.413. The number of hydrogen-bond acceptors (Lipinski definition) is 3. The highest BCUT2D eigenvalue weighted by Gasteiger charge is 2.33. The Morgan fingerprint density at radius 2 is 2.28 bits per heavy atom. The van der Waals surface area contributed by atoms with E-state index < -0.39 is 10.7 Å². The van der Waals surface area contributed by atoms with Crippen LogP contribution in [0.4, 0.5) is 15.8 Å². The second-order valence-electron chi connectivity index (χ2n) is 4.12. The van der Waals surface area contributed by atoms with Gasteiger partial charge in [0.25, 0.3) is 5.69 Å². The molecule has 0 saturated carbocycles. The molecule has 0 N–H and O–H groups in total. The standard InChI is InChI=1S/C11H10BrFN2O3/c12-5-7-3-11(16)14(6-7)9-2-1-8(13)4-10(9)15(17)18/h1-2,4,7H,3,5-6H2. The molecule has 1 saturated heterocycles. The van der Waals surface area contributed by atoms with Crippen LogP contribution in [0.1, 0.15) is 6.42 Å². The van der Waals surface area contributed by atoms with Crippen LogP contribution < -0.4 is 4.90 Å². The van der Waals surface area contributed by atoms with Crippen LogP contribution in [0.2, 0.25) is 0 Å². The van der Waals surface area contributed by atoms with Crippen molar-refractivity contribution in [3.63, 3.8) is 0 Å². The summed E-state index contributed by atoms with van der Waals surface area (Å²) >= 11 is 3.29. The quantitative estimate of drug-likeness (QED) is 0.489. The maximum absolute atomic E-state index is 13.0. The van der Waals surface area contributed by atoms with Crippen molar-refractivity contribution in [3.05, 3.63) is 34.1 Å². The van der Waals surface area contributed by atoms with Crippen LogP contribution in [0, 0.1) is 21.8 Å². The first-order chi connectivity index (χ1) is 8.52. The number of rotatable bonds is 3. The van der Waals surface area contributed by atoms with E-state index in [9.17, 15) is 19.3 Å². The van der Waals surface area contributed by atoms with Crippen molar-refractivity contribution in [2.75, 3.05) is 16.8 Å². The average molecular weight is 317 g/mol. The Balaban J connectivity index is 2.39. The van der Waals surface area contributed by atoms with Gasteiger partial charge in [-0.15, -0.1) is 0 Å². The molecule has 1 atom stereocenters. The number of nitrogens with zero attached hydrogens (tertiary/aromatic N) is 2. The molecule has 1 aromatic rings. The third kappa shape index (κ3) is 2.35. The molecule has 1 fully saturated rings. The van der Waals surface area contributed by atoms with Gasteiger partial charge in [-0.1, -0.05) is 15.9 Å². The molecule has 1 aliphatic rings. The number of anilines is 1. The number of hydrogen-bond donors (Lipinski definition) is 0. The van der Waals surface area contributed by atoms with Crippen LogP contribution in [0.3, 0.4) is 0 Å². The largest absolute Gasteiger partial charge is 0.306 e.